The van der Waals surface area contributed by atoms with E-state index in [9.17, 15) is 35.5 Å². The van der Waals surface area contributed by atoms with E-state index < -0.39 is 43.5 Å². The van der Waals surface area contributed by atoms with E-state index >= 15 is 0 Å². The Balaban J connectivity index is 2.10. The highest BCUT2D eigenvalue weighted by molar-refractivity contribution is 7.92. The van der Waals surface area contributed by atoms with E-state index in [-0.39, 0.29) is 12.2 Å². The van der Waals surface area contributed by atoms with Crippen LogP contribution in [-0.4, -0.2) is 25.6 Å². The standard InChI is InChI=1S/C15H12F5NO3S/c16-11-2-1-3-12(17)14(11)13(22)8-21-9-4-6-10(7-5-9)25(23,24)15(18,19)20/h1-7,13,21-22H,8H2. The van der Waals surface area contributed by atoms with Crippen LogP contribution in [0.25, 0.3) is 0 Å². The normalized spacial score (nSPS) is 13.5. The van der Waals surface area contributed by atoms with Gasteiger partial charge in [0.1, 0.15) is 17.7 Å². The van der Waals surface area contributed by atoms with Crippen molar-refractivity contribution in [1.29, 1.82) is 0 Å². The number of rotatable bonds is 5. The van der Waals surface area contributed by atoms with Crippen molar-refractivity contribution in [3.8, 4) is 0 Å². The third-order valence-corrected chi connectivity index (χ3v) is 4.80. The van der Waals surface area contributed by atoms with Crippen molar-refractivity contribution in [1.82, 2.24) is 0 Å². The lowest BCUT2D eigenvalue weighted by atomic mass is 10.1. The van der Waals surface area contributed by atoms with Crippen molar-refractivity contribution in [2.45, 2.75) is 16.5 Å². The van der Waals surface area contributed by atoms with Gasteiger partial charge >= 0.3 is 5.51 Å². The maximum atomic E-state index is 13.5. The average molecular weight is 381 g/mol. The van der Waals surface area contributed by atoms with Crippen LogP contribution >= 0.6 is 0 Å². The summed E-state index contributed by atoms with van der Waals surface area (Å²) in [6.07, 6.45) is -1.56. The average Bonchev–Trinajstić information content (AvgIpc) is 2.52. The molecular formula is C15H12F5NO3S. The fourth-order valence-corrected chi connectivity index (χ4v) is 2.79. The van der Waals surface area contributed by atoms with Gasteiger partial charge < -0.3 is 10.4 Å². The first-order valence-corrected chi connectivity index (χ1v) is 8.29. The number of benzene rings is 2. The number of alkyl halides is 3. The molecule has 0 aromatic heterocycles. The van der Waals surface area contributed by atoms with Crippen molar-refractivity contribution in [3.05, 3.63) is 59.7 Å². The largest absolute Gasteiger partial charge is 0.501 e. The number of sulfone groups is 1. The Kier molecular flexibility index (Phi) is 5.33. The van der Waals surface area contributed by atoms with Gasteiger partial charge in [-0.05, 0) is 36.4 Å². The quantitative estimate of drug-likeness (QED) is 0.779. The summed E-state index contributed by atoms with van der Waals surface area (Å²) in [6.45, 7) is -0.344. The van der Waals surface area contributed by atoms with Crippen LogP contribution in [0.2, 0.25) is 0 Å². The van der Waals surface area contributed by atoms with Crippen LogP contribution < -0.4 is 5.32 Å². The van der Waals surface area contributed by atoms with Gasteiger partial charge in [-0.1, -0.05) is 6.07 Å². The molecule has 10 heteroatoms. The number of aliphatic hydroxyl groups excluding tert-OH is 1. The predicted molar refractivity (Wildman–Crippen MR) is 79.5 cm³/mol. The molecule has 0 heterocycles. The molecule has 0 saturated heterocycles. The monoisotopic (exact) mass is 381 g/mol. The molecule has 1 atom stereocenters. The van der Waals surface area contributed by atoms with Crippen LogP contribution in [0.1, 0.15) is 11.7 Å². The van der Waals surface area contributed by atoms with E-state index in [1.807, 2.05) is 0 Å². The van der Waals surface area contributed by atoms with Gasteiger partial charge in [0.25, 0.3) is 9.84 Å². The highest BCUT2D eigenvalue weighted by Gasteiger charge is 2.46. The molecule has 2 aromatic rings. The summed E-state index contributed by atoms with van der Waals surface area (Å²) in [4.78, 5) is -0.939. The first-order valence-electron chi connectivity index (χ1n) is 6.81. The molecule has 136 valence electrons. The molecule has 25 heavy (non-hydrogen) atoms. The Bertz CT molecular complexity index is 830. The van der Waals surface area contributed by atoms with Crippen molar-refractivity contribution in [2.75, 3.05) is 11.9 Å². The minimum absolute atomic E-state index is 0.164. The third kappa shape index (κ3) is 4.07. The van der Waals surface area contributed by atoms with Gasteiger partial charge in [-0.25, -0.2) is 17.2 Å². The molecule has 0 aliphatic heterocycles. The van der Waals surface area contributed by atoms with Gasteiger partial charge in [-0.15, -0.1) is 0 Å². The maximum Gasteiger partial charge on any atom is 0.501 e. The number of nitrogens with one attached hydrogen (secondary N) is 1. The van der Waals surface area contributed by atoms with E-state index in [1.165, 1.54) is 0 Å². The summed E-state index contributed by atoms with van der Waals surface area (Å²) in [7, 11) is -5.46. The second-order valence-electron chi connectivity index (χ2n) is 5.01. The lowest BCUT2D eigenvalue weighted by molar-refractivity contribution is -0.0436. The number of hydrogen-bond acceptors (Lipinski definition) is 4. The van der Waals surface area contributed by atoms with Gasteiger partial charge in [-0.3, -0.25) is 0 Å². The zero-order chi connectivity index (χ0) is 18.8. The number of halogens is 5. The van der Waals surface area contributed by atoms with Crippen molar-refractivity contribution in [2.24, 2.45) is 0 Å². The Morgan fingerprint density at radius 3 is 2.00 bits per heavy atom. The Morgan fingerprint density at radius 1 is 1.00 bits per heavy atom. The van der Waals surface area contributed by atoms with Crippen LogP contribution in [0.4, 0.5) is 27.6 Å². The highest BCUT2D eigenvalue weighted by atomic mass is 32.2. The number of aliphatic hydroxyl groups is 1. The van der Waals surface area contributed by atoms with Gasteiger partial charge in [0.15, 0.2) is 0 Å². The van der Waals surface area contributed by atoms with Crippen LogP contribution in [0, 0.1) is 11.6 Å². The molecule has 0 fully saturated rings. The van der Waals surface area contributed by atoms with E-state index in [0.717, 1.165) is 42.5 Å². The fourth-order valence-electron chi connectivity index (χ4n) is 2.03. The Hall–Kier alpha value is -2.20. The molecule has 0 spiro atoms. The smallest absolute Gasteiger partial charge is 0.386 e. The van der Waals surface area contributed by atoms with E-state index in [4.69, 9.17) is 0 Å². The number of hydrogen-bond donors (Lipinski definition) is 2. The second kappa shape index (κ2) is 6.96. The van der Waals surface area contributed by atoms with E-state index in [1.54, 1.807) is 0 Å². The molecule has 0 bridgehead atoms. The lowest BCUT2D eigenvalue weighted by Gasteiger charge is -2.15. The molecule has 1 unspecified atom stereocenters. The maximum absolute atomic E-state index is 13.5. The van der Waals surface area contributed by atoms with Crippen molar-refractivity contribution in [3.63, 3.8) is 0 Å². The van der Waals surface area contributed by atoms with E-state index in [2.05, 4.69) is 5.32 Å². The van der Waals surface area contributed by atoms with Gasteiger partial charge in [-0.2, -0.15) is 13.2 Å². The summed E-state index contributed by atoms with van der Waals surface area (Å²) in [5.41, 5.74) is -5.80. The Labute approximate surface area is 139 Å². The minimum atomic E-state index is -5.46. The predicted octanol–water partition coefficient (Wildman–Crippen LogP) is 3.40. The molecule has 0 radical (unpaired) electrons. The van der Waals surface area contributed by atoms with Gasteiger partial charge in [0, 0.05) is 12.2 Å². The van der Waals surface area contributed by atoms with Gasteiger partial charge in [0.2, 0.25) is 0 Å². The van der Waals surface area contributed by atoms with Crippen LogP contribution in [-0.2, 0) is 9.84 Å². The molecular weight excluding hydrogens is 369 g/mol. The molecule has 0 aliphatic carbocycles. The first-order chi connectivity index (χ1) is 11.5. The topological polar surface area (TPSA) is 66.4 Å². The van der Waals surface area contributed by atoms with Crippen LogP contribution in [0.15, 0.2) is 47.4 Å². The zero-order valence-electron chi connectivity index (χ0n) is 12.4. The molecule has 2 N–H and O–H groups in total. The lowest BCUT2D eigenvalue weighted by Crippen LogP contribution is -2.23. The SMILES string of the molecule is O=S(=O)(c1ccc(NCC(O)c2c(F)cccc2F)cc1)C(F)(F)F. The van der Waals surface area contributed by atoms with E-state index in [0.29, 0.717) is 0 Å². The summed E-state index contributed by atoms with van der Waals surface area (Å²) in [5, 5.41) is 12.4. The molecule has 0 amide bonds. The molecule has 4 nitrogen and oxygen atoms in total. The molecule has 2 rings (SSSR count). The summed E-state index contributed by atoms with van der Waals surface area (Å²) in [6, 6.07) is 6.64. The Morgan fingerprint density at radius 2 is 1.52 bits per heavy atom. The van der Waals surface area contributed by atoms with Crippen molar-refractivity contribution >= 4 is 15.5 Å². The minimum Gasteiger partial charge on any atom is -0.386 e. The summed E-state index contributed by atoms with van der Waals surface area (Å²) >= 11 is 0. The summed E-state index contributed by atoms with van der Waals surface area (Å²) in [5.74, 6) is -1.89. The first kappa shape index (κ1) is 19.1. The molecule has 2 aromatic carbocycles. The molecule has 0 aliphatic rings. The van der Waals surface area contributed by atoms with Crippen molar-refractivity contribution < 1.29 is 35.5 Å². The molecule has 0 saturated carbocycles. The van der Waals surface area contributed by atoms with Crippen LogP contribution in [0.3, 0.4) is 0 Å². The summed E-state index contributed by atoms with van der Waals surface area (Å²) < 4.78 is 86.8. The zero-order valence-corrected chi connectivity index (χ0v) is 13.2. The second-order valence-corrected chi connectivity index (χ2v) is 6.95. The third-order valence-electron chi connectivity index (χ3n) is 3.30. The van der Waals surface area contributed by atoms with Gasteiger partial charge in [0.05, 0.1) is 10.5 Å². The highest BCUT2D eigenvalue weighted by Crippen LogP contribution is 2.30. The fraction of sp³-hybridized carbons (Fsp3) is 0.200. The van der Waals surface area contributed by atoms with Crippen LogP contribution in [0.5, 0.6) is 0 Å². The number of anilines is 1.